The van der Waals surface area contributed by atoms with Crippen molar-refractivity contribution in [1.29, 1.82) is 0 Å². The maximum atomic E-state index is 12.2. The van der Waals surface area contributed by atoms with E-state index in [4.69, 9.17) is 4.74 Å². The van der Waals surface area contributed by atoms with E-state index in [-0.39, 0.29) is 0 Å². The predicted molar refractivity (Wildman–Crippen MR) is 145 cm³/mol. The van der Waals surface area contributed by atoms with Crippen molar-refractivity contribution in [3.8, 4) is 0 Å². The Kier molecular flexibility index (Phi) is 18.6. The van der Waals surface area contributed by atoms with E-state index in [1.165, 1.54) is 90.6 Å². The van der Waals surface area contributed by atoms with E-state index in [1.54, 1.807) is 19.1 Å². The number of benzene rings is 1. The van der Waals surface area contributed by atoms with Gasteiger partial charge in [0.15, 0.2) is 6.10 Å². The van der Waals surface area contributed by atoms with Crippen molar-refractivity contribution in [3.63, 3.8) is 0 Å². The fourth-order valence-corrected chi connectivity index (χ4v) is 4.32. The molecule has 0 bridgehead atoms. The molecule has 1 rings (SSSR count). The third-order valence-corrected chi connectivity index (χ3v) is 6.66. The van der Waals surface area contributed by atoms with E-state index in [2.05, 4.69) is 26.0 Å². The number of unbranched alkanes of at least 4 members (excludes halogenated alkanes) is 13. The van der Waals surface area contributed by atoms with Crippen molar-refractivity contribution in [2.45, 2.75) is 109 Å². The lowest BCUT2D eigenvalue weighted by Gasteiger charge is -2.14. The average Bonchev–Trinajstić information content (AvgIpc) is 2.86. The number of hydrogen-bond acceptors (Lipinski definition) is 5. The smallest absolute Gasteiger partial charge is 0.347 e. The molecule has 0 amide bonds. The second-order valence-electron chi connectivity index (χ2n) is 8.97. The molecule has 5 nitrogen and oxygen atoms in total. The minimum Gasteiger partial charge on any atom is -0.466 e. The number of ether oxygens (including phenoxy) is 2. The normalized spacial score (nSPS) is 11.7. The van der Waals surface area contributed by atoms with Crippen LogP contribution in [0.1, 0.15) is 114 Å². The van der Waals surface area contributed by atoms with Gasteiger partial charge in [0, 0.05) is 17.6 Å². The number of methoxy groups -OCH3 is 1. The van der Waals surface area contributed by atoms with Crippen LogP contribution in [0, 0.1) is 0 Å². The lowest BCUT2D eigenvalue weighted by Crippen LogP contribution is -2.27. The molecule has 1 N–H and O–H groups in total. The minimum atomic E-state index is -0.862. The molecule has 0 aliphatic heterocycles. The summed E-state index contributed by atoms with van der Waals surface area (Å²) in [7, 11) is 1.29. The van der Waals surface area contributed by atoms with Crippen molar-refractivity contribution in [2.75, 3.05) is 24.3 Å². The van der Waals surface area contributed by atoms with Gasteiger partial charge in [0.2, 0.25) is 0 Å². The molecular formula is C28H46BrNO4. The van der Waals surface area contributed by atoms with Gasteiger partial charge in [-0.1, -0.05) is 99.9 Å². The molecule has 1 unspecified atom stereocenters. The van der Waals surface area contributed by atoms with Crippen molar-refractivity contribution in [2.24, 2.45) is 0 Å². The van der Waals surface area contributed by atoms with Gasteiger partial charge in [-0.2, -0.15) is 0 Å². The summed E-state index contributed by atoms with van der Waals surface area (Å²) in [4.78, 5) is 23.8. The summed E-state index contributed by atoms with van der Waals surface area (Å²) in [5.41, 5.74) is 1.41. The maximum Gasteiger partial charge on any atom is 0.347 e. The molecule has 0 saturated heterocycles. The SMILES string of the molecule is CCC(OC(=O)c1ccc(NCCCCCCCCCCCCCCCCBr)cc1)C(=O)OC. The molecular weight excluding hydrogens is 494 g/mol. The van der Waals surface area contributed by atoms with Crippen molar-refractivity contribution in [1.82, 2.24) is 0 Å². The van der Waals surface area contributed by atoms with Crippen LogP contribution in [0.2, 0.25) is 0 Å². The van der Waals surface area contributed by atoms with Crippen molar-refractivity contribution in [3.05, 3.63) is 29.8 Å². The number of esters is 2. The monoisotopic (exact) mass is 539 g/mol. The van der Waals surface area contributed by atoms with Crippen LogP contribution in [-0.4, -0.2) is 37.0 Å². The summed E-state index contributed by atoms with van der Waals surface area (Å²) in [5, 5.41) is 4.56. The number of alkyl halides is 1. The molecule has 6 heteroatoms. The first-order chi connectivity index (χ1) is 16.6. The molecule has 0 aromatic heterocycles. The van der Waals surface area contributed by atoms with Gasteiger partial charge in [-0.25, -0.2) is 9.59 Å². The van der Waals surface area contributed by atoms with Crippen LogP contribution < -0.4 is 5.32 Å². The van der Waals surface area contributed by atoms with E-state index >= 15 is 0 Å². The predicted octanol–water partition coefficient (Wildman–Crippen LogP) is 8.06. The van der Waals surface area contributed by atoms with E-state index in [0.717, 1.165) is 24.0 Å². The first-order valence-corrected chi connectivity index (χ1v) is 14.4. The van der Waals surface area contributed by atoms with Crippen LogP contribution in [0.25, 0.3) is 0 Å². The number of carbonyl (C=O) groups is 2. The Bertz CT molecular complexity index is 650. The second-order valence-corrected chi connectivity index (χ2v) is 9.76. The molecule has 1 atom stereocenters. The summed E-state index contributed by atoms with van der Waals surface area (Å²) < 4.78 is 9.89. The van der Waals surface area contributed by atoms with Crippen molar-refractivity contribution < 1.29 is 19.1 Å². The molecule has 0 aliphatic rings. The molecule has 1 aromatic carbocycles. The summed E-state index contributed by atoms with van der Waals surface area (Å²) in [6, 6.07) is 7.19. The number of nitrogens with one attached hydrogen (secondary N) is 1. The molecule has 0 saturated carbocycles. The number of carbonyl (C=O) groups excluding carboxylic acids is 2. The van der Waals surface area contributed by atoms with Gasteiger partial charge in [-0.05, 0) is 43.5 Å². The van der Waals surface area contributed by atoms with E-state index in [1.807, 2.05) is 12.1 Å². The molecule has 0 fully saturated rings. The van der Waals surface area contributed by atoms with Gasteiger partial charge in [0.25, 0.3) is 0 Å². The lowest BCUT2D eigenvalue weighted by molar-refractivity contribution is -0.151. The zero-order chi connectivity index (χ0) is 24.9. The average molecular weight is 541 g/mol. The maximum absolute atomic E-state index is 12.2. The van der Waals surface area contributed by atoms with Crippen LogP contribution in [0.3, 0.4) is 0 Å². The van der Waals surface area contributed by atoms with E-state index < -0.39 is 18.0 Å². The highest BCUT2D eigenvalue weighted by molar-refractivity contribution is 9.09. The Hall–Kier alpha value is -1.56. The zero-order valence-electron chi connectivity index (χ0n) is 21.4. The number of anilines is 1. The van der Waals surface area contributed by atoms with Gasteiger partial charge >= 0.3 is 11.9 Å². The lowest BCUT2D eigenvalue weighted by atomic mass is 10.0. The summed E-state index contributed by atoms with van der Waals surface area (Å²) >= 11 is 3.49. The van der Waals surface area contributed by atoms with Crippen LogP contribution in [0.15, 0.2) is 24.3 Å². The highest BCUT2D eigenvalue weighted by atomic mass is 79.9. The number of rotatable bonds is 21. The molecule has 34 heavy (non-hydrogen) atoms. The van der Waals surface area contributed by atoms with Crippen LogP contribution in [-0.2, 0) is 14.3 Å². The largest absolute Gasteiger partial charge is 0.466 e. The third-order valence-electron chi connectivity index (χ3n) is 6.09. The van der Waals surface area contributed by atoms with E-state index in [9.17, 15) is 9.59 Å². The summed E-state index contributed by atoms with van der Waals surface area (Å²) in [5.74, 6) is -1.04. The van der Waals surface area contributed by atoms with Gasteiger partial charge in [0.1, 0.15) is 0 Å². The zero-order valence-corrected chi connectivity index (χ0v) is 23.0. The van der Waals surface area contributed by atoms with Crippen LogP contribution in [0.5, 0.6) is 0 Å². The van der Waals surface area contributed by atoms with Gasteiger partial charge in [0.05, 0.1) is 12.7 Å². The Morgan fingerprint density at radius 2 is 1.26 bits per heavy atom. The number of hydrogen-bond donors (Lipinski definition) is 1. The highest BCUT2D eigenvalue weighted by Gasteiger charge is 2.22. The van der Waals surface area contributed by atoms with Gasteiger partial charge in [-0.3, -0.25) is 0 Å². The highest BCUT2D eigenvalue weighted by Crippen LogP contribution is 2.15. The second kappa shape index (κ2) is 20.8. The molecule has 0 spiro atoms. The summed E-state index contributed by atoms with van der Waals surface area (Å²) in [6.07, 6.45) is 18.5. The first-order valence-electron chi connectivity index (χ1n) is 13.3. The van der Waals surface area contributed by atoms with Crippen LogP contribution >= 0.6 is 15.9 Å². The quantitative estimate of drug-likeness (QED) is 0.0971. The van der Waals surface area contributed by atoms with Crippen molar-refractivity contribution >= 4 is 33.6 Å². The molecule has 0 heterocycles. The van der Waals surface area contributed by atoms with Gasteiger partial charge in [-0.15, -0.1) is 0 Å². The first kappa shape index (κ1) is 30.5. The molecule has 0 radical (unpaired) electrons. The Morgan fingerprint density at radius 1 is 0.794 bits per heavy atom. The van der Waals surface area contributed by atoms with Gasteiger partial charge < -0.3 is 14.8 Å². The number of halogens is 1. The third kappa shape index (κ3) is 14.6. The Morgan fingerprint density at radius 3 is 1.71 bits per heavy atom. The van der Waals surface area contributed by atoms with Crippen LogP contribution in [0.4, 0.5) is 5.69 Å². The fraction of sp³-hybridized carbons (Fsp3) is 0.714. The standard InChI is InChI=1S/C28H46BrNO4/c1-3-26(28(32)33-2)34-27(31)24-18-20-25(21-19-24)30-23-17-15-13-11-9-7-5-4-6-8-10-12-14-16-22-29/h18-21,26,30H,3-17,22-23H2,1-2H3. The minimum absolute atomic E-state index is 0.385. The fourth-order valence-electron chi connectivity index (χ4n) is 3.92. The molecule has 194 valence electrons. The molecule has 1 aromatic rings. The van der Waals surface area contributed by atoms with E-state index in [0.29, 0.717) is 12.0 Å². The topological polar surface area (TPSA) is 64.6 Å². The Labute approximate surface area is 215 Å². The summed E-state index contributed by atoms with van der Waals surface area (Å²) in [6.45, 7) is 2.71. The Balaban J connectivity index is 2.01. The molecule has 0 aliphatic carbocycles.